The molecule has 35 heavy (non-hydrogen) atoms. The van der Waals surface area contributed by atoms with Crippen LogP contribution in [0.1, 0.15) is 5.56 Å². The molecule has 4 aromatic rings. The van der Waals surface area contributed by atoms with Crippen molar-refractivity contribution >= 4 is 28.5 Å². The summed E-state index contributed by atoms with van der Waals surface area (Å²) in [7, 11) is 4.89. The summed E-state index contributed by atoms with van der Waals surface area (Å²) in [4.78, 5) is 13.5. The van der Waals surface area contributed by atoms with E-state index >= 15 is 0 Å². The van der Waals surface area contributed by atoms with Crippen LogP contribution >= 0.6 is 11.6 Å². The summed E-state index contributed by atoms with van der Waals surface area (Å²) < 4.78 is 22.1. The van der Waals surface area contributed by atoms with Crippen LogP contribution in [0.15, 0.2) is 47.2 Å². The topological polar surface area (TPSA) is 86.0 Å². The second-order valence-corrected chi connectivity index (χ2v) is 8.61. The van der Waals surface area contributed by atoms with E-state index in [-0.39, 0.29) is 0 Å². The summed E-state index contributed by atoms with van der Waals surface area (Å²) >= 11 is 6.06. The van der Waals surface area contributed by atoms with Gasteiger partial charge in [-0.1, -0.05) is 35.0 Å². The van der Waals surface area contributed by atoms with Gasteiger partial charge in [-0.3, -0.25) is 4.90 Å². The number of benzene rings is 2. The van der Waals surface area contributed by atoms with Gasteiger partial charge in [-0.2, -0.15) is 4.98 Å². The Balaban J connectivity index is 1.36. The first kappa shape index (κ1) is 23.2. The number of anilines is 1. The predicted octanol–water partition coefficient (Wildman–Crippen LogP) is 4.29. The van der Waals surface area contributed by atoms with Crippen molar-refractivity contribution < 1.29 is 18.7 Å². The molecule has 5 rings (SSSR count). The molecule has 0 atom stereocenters. The molecule has 2 aromatic heterocycles. The first-order chi connectivity index (χ1) is 17.1. The lowest BCUT2D eigenvalue weighted by Gasteiger charge is -2.35. The first-order valence-electron chi connectivity index (χ1n) is 11.2. The van der Waals surface area contributed by atoms with Crippen LogP contribution in [0.3, 0.4) is 0 Å². The monoisotopic (exact) mass is 495 g/mol. The van der Waals surface area contributed by atoms with E-state index in [2.05, 4.69) is 24.9 Å². The normalized spacial score (nSPS) is 14.3. The molecule has 1 fully saturated rings. The maximum absolute atomic E-state index is 6.06. The average molecular weight is 496 g/mol. The van der Waals surface area contributed by atoms with Crippen molar-refractivity contribution in [2.45, 2.75) is 6.54 Å². The zero-order chi connectivity index (χ0) is 24.4. The molecule has 2 aromatic carbocycles. The molecule has 0 amide bonds. The molecule has 9 nitrogen and oxygen atoms in total. The third kappa shape index (κ3) is 4.44. The Labute approximate surface area is 208 Å². The van der Waals surface area contributed by atoms with Gasteiger partial charge in [-0.05, 0) is 18.2 Å². The summed E-state index contributed by atoms with van der Waals surface area (Å²) in [6.45, 7) is 4.04. The lowest BCUT2D eigenvalue weighted by molar-refractivity contribution is 0.243. The molecule has 0 aliphatic carbocycles. The molecule has 1 aliphatic rings. The van der Waals surface area contributed by atoms with Gasteiger partial charge in [0.25, 0.3) is 5.71 Å². The Morgan fingerprint density at radius 3 is 2.31 bits per heavy atom. The van der Waals surface area contributed by atoms with Crippen LogP contribution in [0.5, 0.6) is 17.2 Å². The summed E-state index contributed by atoms with van der Waals surface area (Å²) in [5.41, 5.74) is 3.14. The number of rotatable bonds is 7. The molecule has 0 saturated carbocycles. The van der Waals surface area contributed by atoms with Crippen LogP contribution in [0.2, 0.25) is 5.02 Å². The summed E-state index contributed by atoms with van der Waals surface area (Å²) in [6.07, 6.45) is 1.52. The molecule has 0 bridgehead atoms. The van der Waals surface area contributed by atoms with Crippen LogP contribution in [0, 0.1) is 0 Å². The zero-order valence-corrected chi connectivity index (χ0v) is 20.6. The van der Waals surface area contributed by atoms with Crippen LogP contribution in [-0.2, 0) is 6.54 Å². The minimum Gasteiger partial charge on any atom is -0.493 e. The van der Waals surface area contributed by atoms with Crippen molar-refractivity contribution in [2.24, 2.45) is 0 Å². The smallest absolute Gasteiger partial charge is 0.263 e. The van der Waals surface area contributed by atoms with E-state index in [1.54, 1.807) is 21.3 Å². The number of ether oxygens (including phenoxy) is 3. The molecule has 1 aliphatic heterocycles. The van der Waals surface area contributed by atoms with Gasteiger partial charge in [0.15, 0.2) is 11.5 Å². The summed E-state index contributed by atoms with van der Waals surface area (Å²) in [5.74, 6) is 2.78. The fourth-order valence-electron chi connectivity index (χ4n) is 4.46. The van der Waals surface area contributed by atoms with E-state index < -0.39 is 0 Å². The van der Waals surface area contributed by atoms with E-state index in [4.69, 9.17) is 30.3 Å². The Bertz CT molecular complexity index is 1320. The van der Waals surface area contributed by atoms with Crippen LogP contribution in [0.25, 0.3) is 22.4 Å². The third-order valence-electron chi connectivity index (χ3n) is 6.22. The van der Waals surface area contributed by atoms with Crippen molar-refractivity contribution in [1.29, 1.82) is 0 Å². The van der Waals surface area contributed by atoms with Gasteiger partial charge in [-0.15, -0.1) is 0 Å². The van der Waals surface area contributed by atoms with E-state index in [0.717, 1.165) is 55.1 Å². The first-order valence-corrected chi connectivity index (χ1v) is 11.6. The molecule has 1 saturated heterocycles. The summed E-state index contributed by atoms with van der Waals surface area (Å²) in [5, 5.41) is 5.75. The van der Waals surface area contributed by atoms with E-state index in [9.17, 15) is 0 Å². The van der Waals surface area contributed by atoms with Gasteiger partial charge < -0.3 is 23.6 Å². The average Bonchev–Trinajstić information content (AvgIpc) is 3.33. The number of hydrogen-bond acceptors (Lipinski definition) is 9. The number of aromatic nitrogens is 3. The number of nitrogens with zero attached hydrogens (tertiary/aromatic N) is 5. The van der Waals surface area contributed by atoms with Crippen molar-refractivity contribution in [3.63, 3.8) is 0 Å². The number of fused-ring (bicyclic) bond motifs is 1. The number of halogens is 1. The van der Waals surface area contributed by atoms with Gasteiger partial charge >= 0.3 is 0 Å². The van der Waals surface area contributed by atoms with Gasteiger partial charge in [0, 0.05) is 48.9 Å². The minimum absolute atomic E-state index is 0.470. The maximum Gasteiger partial charge on any atom is 0.263 e. The zero-order valence-electron chi connectivity index (χ0n) is 19.8. The SMILES string of the molecule is COc1ccc(CN2CCN(c3ncnc4onc(-c5ccc(Cl)cc5)c34)CC2)c(OC)c1OC. The van der Waals surface area contributed by atoms with Crippen LogP contribution in [0.4, 0.5) is 5.82 Å². The van der Waals surface area contributed by atoms with Crippen molar-refractivity contribution in [3.8, 4) is 28.5 Å². The highest BCUT2D eigenvalue weighted by Crippen LogP contribution is 2.40. The van der Waals surface area contributed by atoms with Crippen molar-refractivity contribution in [1.82, 2.24) is 20.0 Å². The highest BCUT2D eigenvalue weighted by atomic mass is 35.5. The molecule has 3 heterocycles. The van der Waals surface area contributed by atoms with Crippen molar-refractivity contribution in [3.05, 3.63) is 53.3 Å². The molecule has 10 heteroatoms. The quantitative estimate of drug-likeness (QED) is 0.372. The Morgan fingerprint density at radius 1 is 0.886 bits per heavy atom. The number of hydrogen-bond donors (Lipinski definition) is 0. The molecule has 0 spiro atoms. The lowest BCUT2D eigenvalue weighted by atomic mass is 10.1. The van der Waals surface area contributed by atoms with Gasteiger partial charge in [-0.25, -0.2) is 4.98 Å². The standard InChI is InChI=1S/C25H26ClN5O4/c1-32-19-9-6-17(22(33-2)23(19)34-3)14-30-10-12-31(13-11-30)24-20-21(16-4-7-18(26)8-5-16)29-35-25(20)28-15-27-24/h4-9,15H,10-14H2,1-3H3. The van der Waals surface area contributed by atoms with E-state index in [0.29, 0.717) is 33.7 Å². The maximum atomic E-state index is 6.06. The fraction of sp³-hybridized carbons (Fsp3) is 0.320. The summed E-state index contributed by atoms with van der Waals surface area (Å²) in [6, 6.07) is 11.4. The highest BCUT2D eigenvalue weighted by Gasteiger charge is 2.25. The van der Waals surface area contributed by atoms with E-state index in [1.165, 1.54) is 6.33 Å². The van der Waals surface area contributed by atoms with Crippen molar-refractivity contribution in [2.75, 3.05) is 52.4 Å². The van der Waals surface area contributed by atoms with Gasteiger partial charge in [0.05, 0.1) is 21.3 Å². The fourth-order valence-corrected chi connectivity index (χ4v) is 4.59. The molecular weight excluding hydrogens is 470 g/mol. The highest BCUT2D eigenvalue weighted by molar-refractivity contribution is 6.30. The Hall–Kier alpha value is -3.56. The van der Waals surface area contributed by atoms with Crippen LogP contribution < -0.4 is 19.1 Å². The second kappa shape index (κ2) is 9.97. The van der Waals surface area contributed by atoms with Gasteiger partial charge in [0.2, 0.25) is 5.75 Å². The Kier molecular flexibility index (Phi) is 6.61. The molecule has 182 valence electrons. The minimum atomic E-state index is 0.470. The Morgan fingerprint density at radius 2 is 1.63 bits per heavy atom. The third-order valence-corrected chi connectivity index (χ3v) is 6.47. The predicted molar refractivity (Wildman–Crippen MR) is 134 cm³/mol. The largest absolute Gasteiger partial charge is 0.493 e. The number of piperazine rings is 1. The van der Waals surface area contributed by atoms with Crippen LogP contribution in [-0.4, -0.2) is 67.5 Å². The lowest BCUT2D eigenvalue weighted by Crippen LogP contribution is -2.46. The molecule has 0 radical (unpaired) electrons. The second-order valence-electron chi connectivity index (χ2n) is 8.17. The molecular formula is C25H26ClN5O4. The molecule has 0 unspecified atom stereocenters. The van der Waals surface area contributed by atoms with E-state index in [1.807, 2.05) is 36.4 Å². The van der Waals surface area contributed by atoms with Gasteiger partial charge in [0.1, 0.15) is 23.2 Å². The molecule has 0 N–H and O–H groups in total. The number of methoxy groups -OCH3 is 3.